The van der Waals surface area contributed by atoms with Crippen molar-refractivity contribution in [2.75, 3.05) is 46.4 Å². The molecule has 0 radical (unpaired) electrons. The molecule has 30 heavy (non-hydrogen) atoms. The summed E-state index contributed by atoms with van der Waals surface area (Å²) in [7, 11) is 1.86. The standard InChI is InChI=1S/C24H29FN2O3/c1-26(24(28)20-8-9-22-23(15-20)30-14-13-29-22)16-18-5-4-11-27(17-18)12-10-19-6-2-3-7-21(19)25/h2-3,6-9,15,18H,4-5,10-14,16-17H2,1H3. The lowest BCUT2D eigenvalue weighted by Crippen LogP contribution is -2.42. The second kappa shape index (κ2) is 9.47. The van der Waals surface area contributed by atoms with Crippen LogP contribution in [0, 0.1) is 11.7 Å². The Hall–Kier alpha value is -2.60. The first kappa shape index (κ1) is 20.7. The number of carbonyl (C=O) groups is 1. The molecule has 0 aliphatic carbocycles. The van der Waals surface area contributed by atoms with Gasteiger partial charge in [-0.2, -0.15) is 0 Å². The summed E-state index contributed by atoms with van der Waals surface area (Å²) >= 11 is 0. The summed E-state index contributed by atoms with van der Waals surface area (Å²) in [4.78, 5) is 17.1. The normalized spacial score (nSPS) is 18.8. The van der Waals surface area contributed by atoms with Gasteiger partial charge < -0.3 is 19.3 Å². The summed E-state index contributed by atoms with van der Waals surface area (Å²) in [6.07, 6.45) is 2.92. The highest BCUT2D eigenvalue weighted by molar-refractivity contribution is 5.94. The molecule has 4 rings (SSSR count). The van der Waals surface area contributed by atoms with E-state index in [-0.39, 0.29) is 11.7 Å². The van der Waals surface area contributed by atoms with Gasteiger partial charge in [-0.1, -0.05) is 18.2 Å². The molecular weight excluding hydrogens is 383 g/mol. The molecule has 0 saturated carbocycles. The molecule has 6 heteroatoms. The van der Waals surface area contributed by atoms with Crippen molar-refractivity contribution in [2.24, 2.45) is 5.92 Å². The van der Waals surface area contributed by atoms with Crippen LogP contribution in [-0.2, 0) is 6.42 Å². The lowest BCUT2D eigenvalue weighted by atomic mass is 9.96. The quantitative estimate of drug-likeness (QED) is 0.727. The molecule has 1 atom stereocenters. The van der Waals surface area contributed by atoms with Crippen molar-refractivity contribution in [3.05, 3.63) is 59.4 Å². The number of hydrogen-bond donors (Lipinski definition) is 0. The third kappa shape index (κ3) is 4.93. The van der Waals surface area contributed by atoms with Crippen LogP contribution in [0.15, 0.2) is 42.5 Å². The summed E-state index contributed by atoms with van der Waals surface area (Å²) in [6.45, 7) is 4.57. The maximum Gasteiger partial charge on any atom is 0.253 e. The van der Waals surface area contributed by atoms with Crippen molar-refractivity contribution in [3.8, 4) is 11.5 Å². The molecular formula is C24H29FN2O3. The number of amides is 1. The van der Waals surface area contributed by atoms with Gasteiger partial charge in [-0.25, -0.2) is 4.39 Å². The lowest BCUT2D eigenvalue weighted by Gasteiger charge is -2.34. The van der Waals surface area contributed by atoms with Gasteiger partial charge in [0.25, 0.3) is 5.91 Å². The Bertz CT molecular complexity index is 889. The Morgan fingerprint density at radius 2 is 1.97 bits per heavy atom. The minimum atomic E-state index is -0.129. The highest BCUT2D eigenvalue weighted by Gasteiger charge is 2.24. The second-order valence-electron chi connectivity index (χ2n) is 8.19. The maximum absolute atomic E-state index is 13.9. The molecule has 5 nitrogen and oxygen atoms in total. The van der Waals surface area contributed by atoms with Gasteiger partial charge in [-0.15, -0.1) is 0 Å². The smallest absolute Gasteiger partial charge is 0.253 e. The van der Waals surface area contributed by atoms with Crippen molar-refractivity contribution >= 4 is 5.91 Å². The molecule has 1 fully saturated rings. The summed E-state index contributed by atoms with van der Waals surface area (Å²) in [5.41, 5.74) is 1.39. The van der Waals surface area contributed by atoms with Crippen LogP contribution in [0.4, 0.5) is 4.39 Å². The second-order valence-corrected chi connectivity index (χ2v) is 8.19. The summed E-state index contributed by atoms with van der Waals surface area (Å²) in [6, 6.07) is 12.4. The summed E-state index contributed by atoms with van der Waals surface area (Å²) < 4.78 is 25.0. The van der Waals surface area contributed by atoms with E-state index in [2.05, 4.69) is 4.90 Å². The molecule has 2 aromatic carbocycles. The Balaban J connectivity index is 1.31. The third-order valence-electron chi connectivity index (χ3n) is 5.93. The van der Waals surface area contributed by atoms with E-state index in [0.717, 1.165) is 38.0 Å². The van der Waals surface area contributed by atoms with Gasteiger partial charge in [-0.05, 0) is 61.6 Å². The largest absolute Gasteiger partial charge is 0.486 e. The average molecular weight is 413 g/mol. The average Bonchev–Trinajstić information content (AvgIpc) is 2.78. The van der Waals surface area contributed by atoms with Crippen molar-refractivity contribution in [1.82, 2.24) is 9.80 Å². The highest BCUT2D eigenvalue weighted by Crippen LogP contribution is 2.31. The van der Waals surface area contributed by atoms with Crippen LogP contribution < -0.4 is 9.47 Å². The van der Waals surface area contributed by atoms with Gasteiger partial charge in [0.1, 0.15) is 19.0 Å². The molecule has 2 aliphatic rings. The zero-order valence-corrected chi connectivity index (χ0v) is 17.5. The zero-order valence-electron chi connectivity index (χ0n) is 17.5. The Morgan fingerprint density at radius 1 is 1.17 bits per heavy atom. The van der Waals surface area contributed by atoms with E-state index in [1.807, 2.05) is 19.2 Å². The lowest BCUT2D eigenvalue weighted by molar-refractivity contribution is 0.0729. The topological polar surface area (TPSA) is 42.0 Å². The van der Waals surface area contributed by atoms with E-state index in [1.165, 1.54) is 6.07 Å². The third-order valence-corrected chi connectivity index (χ3v) is 5.93. The number of rotatable bonds is 6. The number of hydrogen-bond acceptors (Lipinski definition) is 4. The van der Waals surface area contributed by atoms with Gasteiger partial charge in [0, 0.05) is 32.2 Å². The van der Waals surface area contributed by atoms with Crippen molar-refractivity contribution in [2.45, 2.75) is 19.3 Å². The molecule has 0 N–H and O–H groups in total. The first-order chi connectivity index (χ1) is 14.6. The van der Waals surface area contributed by atoms with E-state index in [0.29, 0.717) is 49.2 Å². The molecule has 1 unspecified atom stereocenters. The van der Waals surface area contributed by atoms with E-state index in [4.69, 9.17) is 9.47 Å². The van der Waals surface area contributed by atoms with Crippen LogP contribution >= 0.6 is 0 Å². The summed E-state index contributed by atoms with van der Waals surface area (Å²) in [5.74, 6) is 1.62. The Labute approximate surface area is 177 Å². The number of halogens is 1. The molecule has 0 spiro atoms. The van der Waals surface area contributed by atoms with Gasteiger partial charge in [-0.3, -0.25) is 4.79 Å². The van der Waals surface area contributed by atoms with E-state index >= 15 is 0 Å². The van der Waals surface area contributed by atoms with Gasteiger partial charge in [0.05, 0.1) is 0 Å². The molecule has 160 valence electrons. The zero-order chi connectivity index (χ0) is 20.9. The number of likely N-dealkylation sites (tertiary alicyclic amines) is 1. The fourth-order valence-electron chi connectivity index (χ4n) is 4.35. The molecule has 2 aromatic rings. The molecule has 0 bridgehead atoms. The molecule has 1 saturated heterocycles. The Morgan fingerprint density at radius 3 is 2.80 bits per heavy atom. The van der Waals surface area contributed by atoms with Crippen LogP contribution in [0.1, 0.15) is 28.8 Å². The highest BCUT2D eigenvalue weighted by atomic mass is 19.1. The van der Waals surface area contributed by atoms with Crippen LogP contribution in [0.25, 0.3) is 0 Å². The number of nitrogens with zero attached hydrogens (tertiary/aromatic N) is 2. The maximum atomic E-state index is 13.9. The number of carbonyl (C=O) groups excluding carboxylic acids is 1. The van der Waals surface area contributed by atoms with Crippen molar-refractivity contribution in [3.63, 3.8) is 0 Å². The van der Waals surface area contributed by atoms with Crippen LogP contribution in [0.2, 0.25) is 0 Å². The van der Waals surface area contributed by atoms with Crippen LogP contribution in [-0.4, -0.2) is 62.1 Å². The predicted octanol–water partition coefficient (Wildman–Crippen LogP) is 3.62. The van der Waals surface area contributed by atoms with Gasteiger partial charge in [0.2, 0.25) is 0 Å². The first-order valence-corrected chi connectivity index (χ1v) is 10.7. The minimum absolute atomic E-state index is 0.00421. The number of piperidine rings is 1. The fraction of sp³-hybridized carbons (Fsp3) is 0.458. The van der Waals surface area contributed by atoms with Gasteiger partial charge in [0.15, 0.2) is 11.5 Å². The van der Waals surface area contributed by atoms with Crippen molar-refractivity contribution in [1.29, 1.82) is 0 Å². The van der Waals surface area contributed by atoms with Crippen LogP contribution in [0.5, 0.6) is 11.5 Å². The van der Waals surface area contributed by atoms with E-state index in [9.17, 15) is 9.18 Å². The predicted molar refractivity (Wildman–Crippen MR) is 114 cm³/mol. The molecule has 1 amide bonds. The summed E-state index contributed by atoms with van der Waals surface area (Å²) in [5, 5.41) is 0. The van der Waals surface area contributed by atoms with Crippen LogP contribution in [0.3, 0.4) is 0 Å². The first-order valence-electron chi connectivity index (χ1n) is 10.7. The Kier molecular flexibility index (Phi) is 6.53. The monoisotopic (exact) mass is 412 g/mol. The van der Waals surface area contributed by atoms with Crippen molar-refractivity contribution < 1.29 is 18.7 Å². The molecule has 2 aliphatic heterocycles. The number of fused-ring (bicyclic) bond motifs is 1. The van der Waals surface area contributed by atoms with Gasteiger partial charge >= 0.3 is 0 Å². The van der Waals surface area contributed by atoms with E-state index < -0.39 is 0 Å². The molecule has 0 aromatic heterocycles. The SMILES string of the molecule is CN(CC1CCCN(CCc2ccccc2F)C1)C(=O)c1ccc2c(c1)OCCO2. The van der Waals surface area contributed by atoms with E-state index in [1.54, 1.807) is 29.2 Å². The number of ether oxygens (including phenoxy) is 2. The minimum Gasteiger partial charge on any atom is -0.486 e. The fourth-order valence-corrected chi connectivity index (χ4v) is 4.35. The number of benzene rings is 2. The molecule has 2 heterocycles.